The van der Waals surface area contributed by atoms with Gasteiger partial charge in [-0.1, -0.05) is 140 Å². The van der Waals surface area contributed by atoms with Crippen LogP contribution in [0.2, 0.25) is 0 Å². The van der Waals surface area contributed by atoms with Gasteiger partial charge in [0.25, 0.3) is 0 Å². The molecule has 3 amide bonds. The van der Waals surface area contributed by atoms with E-state index in [2.05, 4.69) is 16.0 Å². The van der Waals surface area contributed by atoms with Crippen molar-refractivity contribution in [3.63, 3.8) is 0 Å². The molecule has 246 valence electrons. The van der Waals surface area contributed by atoms with Gasteiger partial charge in [-0.05, 0) is 38.9 Å². The Labute approximate surface area is 284 Å². The Morgan fingerprint density at radius 3 is 1.57 bits per heavy atom. The van der Waals surface area contributed by atoms with E-state index in [1.165, 1.54) is 0 Å². The molecule has 4 N–H and O–H groups in total. The number of alkyl carbamates (subject to hydrolysis) is 1. The summed E-state index contributed by atoms with van der Waals surface area (Å²) in [5, 5.41) is 17.2. The van der Waals surface area contributed by atoms with E-state index in [0.717, 1.165) is 38.9 Å². The molecule has 9 heteroatoms. The maximum Gasteiger partial charge on any atom is 0.407 e. The van der Waals surface area contributed by atoms with Crippen LogP contribution >= 0.6 is 0 Å². The van der Waals surface area contributed by atoms with Crippen LogP contribution in [0.3, 0.4) is 0 Å². The molecule has 0 aliphatic heterocycles. The number of carbonyl (C=O) groups excluding carboxylic acids is 3. The SMILES string of the molecule is O=C(O)CNC(=O)C(CC(=O)NC(c1ccccc1)(c1ccccc1)c1ccccc1)NC(=O)OCC1c2ccccc2-c2ccccc21. The molecule has 0 saturated heterocycles. The van der Waals surface area contributed by atoms with Crippen LogP contribution in [0.25, 0.3) is 11.1 Å². The fraction of sp³-hybridized carbons (Fsp3) is 0.150. The highest BCUT2D eigenvalue weighted by Crippen LogP contribution is 2.44. The second kappa shape index (κ2) is 14.7. The Balaban J connectivity index is 1.25. The summed E-state index contributed by atoms with van der Waals surface area (Å²) in [6.45, 7) is -0.694. The summed E-state index contributed by atoms with van der Waals surface area (Å²) < 4.78 is 5.66. The fourth-order valence-corrected chi connectivity index (χ4v) is 6.50. The van der Waals surface area contributed by atoms with Crippen LogP contribution in [-0.2, 0) is 24.7 Å². The van der Waals surface area contributed by atoms with E-state index >= 15 is 0 Å². The van der Waals surface area contributed by atoms with Crippen LogP contribution in [0.5, 0.6) is 0 Å². The molecular weight excluding hydrogens is 618 g/mol. The predicted molar refractivity (Wildman–Crippen MR) is 185 cm³/mol. The molecule has 49 heavy (non-hydrogen) atoms. The maximum atomic E-state index is 14.1. The largest absolute Gasteiger partial charge is 0.480 e. The number of amides is 3. The molecule has 0 fully saturated rings. The number of carboxylic acid groups (broad SMARTS) is 1. The molecule has 0 radical (unpaired) electrons. The lowest BCUT2D eigenvalue weighted by Crippen LogP contribution is -2.53. The van der Waals surface area contributed by atoms with Crippen LogP contribution in [0, 0.1) is 0 Å². The highest BCUT2D eigenvalue weighted by Gasteiger charge is 2.39. The van der Waals surface area contributed by atoms with E-state index in [-0.39, 0.29) is 12.5 Å². The van der Waals surface area contributed by atoms with E-state index in [9.17, 15) is 24.3 Å². The summed E-state index contributed by atoms with van der Waals surface area (Å²) in [6.07, 6.45) is -1.41. The van der Waals surface area contributed by atoms with Crippen molar-refractivity contribution in [2.45, 2.75) is 23.9 Å². The third kappa shape index (κ3) is 7.06. The van der Waals surface area contributed by atoms with Gasteiger partial charge in [0.05, 0.1) is 6.42 Å². The lowest BCUT2D eigenvalue weighted by molar-refractivity contribution is -0.138. The lowest BCUT2D eigenvalue weighted by atomic mass is 9.77. The van der Waals surface area contributed by atoms with E-state index < -0.39 is 48.4 Å². The van der Waals surface area contributed by atoms with Crippen LogP contribution in [-0.4, -0.2) is 48.2 Å². The zero-order valence-electron chi connectivity index (χ0n) is 26.5. The Morgan fingerprint density at radius 1 is 0.653 bits per heavy atom. The number of hydrogen-bond acceptors (Lipinski definition) is 5. The number of fused-ring (bicyclic) bond motifs is 3. The predicted octanol–water partition coefficient (Wildman–Crippen LogP) is 5.59. The summed E-state index contributed by atoms with van der Waals surface area (Å²) in [5.74, 6) is -2.89. The monoisotopic (exact) mass is 653 g/mol. The number of nitrogens with one attached hydrogen (secondary N) is 3. The number of rotatable bonds is 12. The number of aliphatic carboxylic acids is 1. The van der Waals surface area contributed by atoms with Gasteiger partial charge in [-0.25, -0.2) is 4.79 Å². The lowest BCUT2D eigenvalue weighted by Gasteiger charge is -2.37. The topological polar surface area (TPSA) is 134 Å². The first-order valence-corrected chi connectivity index (χ1v) is 16.0. The third-order valence-electron chi connectivity index (χ3n) is 8.70. The Morgan fingerprint density at radius 2 is 1.10 bits per heavy atom. The Kier molecular flexibility index (Phi) is 9.80. The first-order valence-electron chi connectivity index (χ1n) is 16.0. The van der Waals surface area contributed by atoms with Crippen molar-refractivity contribution in [1.82, 2.24) is 16.0 Å². The first-order chi connectivity index (χ1) is 23.9. The van der Waals surface area contributed by atoms with Crippen LogP contribution in [0.4, 0.5) is 4.79 Å². The van der Waals surface area contributed by atoms with Crippen molar-refractivity contribution >= 4 is 23.9 Å². The third-order valence-corrected chi connectivity index (χ3v) is 8.70. The molecule has 5 aromatic rings. The smallest absolute Gasteiger partial charge is 0.407 e. The minimum Gasteiger partial charge on any atom is -0.480 e. The Hall–Kier alpha value is -6.22. The van der Waals surface area contributed by atoms with Crippen molar-refractivity contribution < 1.29 is 29.0 Å². The Bertz CT molecular complexity index is 1810. The second-order valence-corrected chi connectivity index (χ2v) is 11.7. The number of carboxylic acids is 1. The van der Waals surface area contributed by atoms with Crippen molar-refractivity contribution in [2.75, 3.05) is 13.2 Å². The van der Waals surface area contributed by atoms with Crippen molar-refractivity contribution in [3.8, 4) is 11.1 Å². The maximum absolute atomic E-state index is 14.1. The number of carbonyl (C=O) groups is 4. The standard InChI is InChI=1S/C40H35N3O6/c44-36(43-40(27-14-4-1-5-15-27,28-16-6-2-7-17-28)29-18-8-3-9-19-29)24-35(38(47)41-25-37(45)46)42-39(48)49-26-34-32-22-12-10-20-30(32)31-21-11-13-23-33(31)34/h1-23,34-35H,24-26H2,(H,41,47)(H,42,48)(H,43,44)(H,45,46). The first kappa shape index (κ1) is 32.7. The number of ether oxygens (including phenoxy) is 1. The van der Waals surface area contributed by atoms with Crippen molar-refractivity contribution in [1.29, 1.82) is 0 Å². The van der Waals surface area contributed by atoms with Gasteiger partial charge in [0.2, 0.25) is 11.8 Å². The van der Waals surface area contributed by atoms with Crippen molar-refractivity contribution in [3.05, 3.63) is 167 Å². The molecule has 0 saturated carbocycles. The number of hydrogen-bond donors (Lipinski definition) is 4. The zero-order chi connectivity index (χ0) is 34.2. The molecule has 1 aliphatic carbocycles. The van der Waals surface area contributed by atoms with E-state index in [0.29, 0.717) is 0 Å². The molecule has 0 aromatic heterocycles. The van der Waals surface area contributed by atoms with Gasteiger partial charge in [0, 0.05) is 5.92 Å². The quantitative estimate of drug-likeness (QED) is 0.130. The van der Waals surface area contributed by atoms with Gasteiger partial charge in [-0.3, -0.25) is 14.4 Å². The molecule has 1 aliphatic rings. The molecule has 0 spiro atoms. The minimum absolute atomic E-state index is 0.00530. The summed E-state index contributed by atoms with van der Waals surface area (Å²) in [6, 6.07) is 42.7. The molecule has 1 atom stereocenters. The highest BCUT2D eigenvalue weighted by atomic mass is 16.5. The van der Waals surface area contributed by atoms with E-state index in [1.807, 2.05) is 140 Å². The van der Waals surface area contributed by atoms with Crippen LogP contribution < -0.4 is 16.0 Å². The van der Waals surface area contributed by atoms with Gasteiger partial charge in [-0.2, -0.15) is 0 Å². The average Bonchev–Trinajstić information content (AvgIpc) is 3.46. The second-order valence-electron chi connectivity index (χ2n) is 11.7. The molecular formula is C40H35N3O6. The molecule has 0 heterocycles. The zero-order valence-corrected chi connectivity index (χ0v) is 26.5. The van der Waals surface area contributed by atoms with E-state index in [1.54, 1.807) is 0 Å². The molecule has 0 bridgehead atoms. The fourth-order valence-electron chi connectivity index (χ4n) is 6.50. The number of benzene rings is 5. The van der Waals surface area contributed by atoms with Gasteiger partial charge < -0.3 is 25.8 Å². The van der Waals surface area contributed by atoms with Crippen LogP contribution in [0.1, 0.15) is 40.2 Å². The van der Waals surface area contributed by atoms with Gasteiger partial charge >= 0.3 is 12.1 Å². The average molecular weight is 654 g/mol. The van der Waals surface area contributed by atoms with Gasteiger partial charge in [0.1, 0.15) is 24.7 Å². The molecule has 9 nitrogen and oxygen atoms in total. The summed E-state index contributed by atoms with van der Waals surface area (Å²) in [5.41, 5.74) is 5.33. The molecule has 6 rings (SSSR count). The molecule has 1 unspecified atom stereocenters. The van der Waals surface area contributed by atoms with Crippen molar-refractivity contribution in [2.24, 2.45) is 0 Å². The molecule has 5 aromatic carbocycles. The minimum atomic E-state index is -1.44. The highest BCUT2D eigenvalue weighted by molar-refractivity contribution is 5.93. The summed E-state index contributed by atoms with van der Waals surface area (Å²) in [4.78, 5) is 51.8. The van der Waals surface area contributed by atoms with Gasteiger partial charge in [0.15, 0.2) is 0 Å². The van der Waals surface area contributed by atoms with Crippen LogP contribution in [0.15, 0.2) is 140 Å². The van der Waals surface area contributed by atoms with E-state index in [4.69, 9.17) is 4.74 Å². The van der Waals surface area contributed by atoms with Gasteiger partial charge in [-0.15, -0.1) is 0 Å². The summed E-state index contributed by atoms with van der Waals surface area (Å²) >= 11 is 0. The normalized spacial score (nSPS) is 12.6. The summed E-state index contributed by atoms with van der Waals surface area (Å²) in [7, 11) is 0.